The fourth-order valence-corrected chi connectivity index (χ4v) is 3.68. The van der Waals surface area contributed by atoms with Crippen molar-refractivity contribution in [3.63, 3.8) is 0 Å². The Kier molecular flexibility index (Phi) is 2.97. The molecule has 2 aliphatic heterocycles. The van der Waals surface area contributed by atoms with E-state index < -0.39 is 5.97 Å². The molecule has 0 fully saturated rings. The van der Waals surface area contributed by atoms with E-state index in [4.69, 9.17) is 4.74 Å². The van der Waals surface area contributed by atoms with Crippen molar-refractivity contribution in [1.29, 1.82) is 0 Å². The Balaban J connectivity index is 1.77. The largest absolute Gasteiger partial charge is 0.510 e. The van der Waals surface area contributed by atoms with Crippen LogP contribution in [0, 0.1) is 0 Å². The van der Waals surface area contributed by atoms with Gasteiger partial charge in [0.1, 0.15) is 5.76 Å². The Hall–Kier alpha value is -2.27. The summed E-state index contributed by atoms with van der Waals surface area (Å²) in [5, 5.41) is 11.7. The van der Waals surface area contributed by atoms with Gasteiger partial charge in [0.25, 0.3) is 0 Å². The molecule has 0 amide bonds. The summed E-state index contributed by atoms with van der Waals surface area (Å²) in [5.74, 6) is -0.240. The van der Waals surface area contributed by atoms with Crippen molar-refractivity contribution in [2.24, 2.45) is 0 Å². The Bertz CT molecular complexity index is 790. The van der Waals surface area contributed by atoms with Crippen LogP contribution in [0.4, 0.5) is 0 Å². The number of para-hydroxylation sites is 1. The molecule has 4 rings (SSSR count). The van der Waals surface area contributed by atoms with Gasteiger partial charge >= 0.3 is 5.97 Å². The van der Waals surface area contributed by atoms with Gasteiger partial charge in [-0.25, -0.2) is 4.79 Å². The molecule has 1 aromatic carbocycles. The van der Waals surface area contributed by atoms with Crippen LogP contribution >= 0.6 is 0 Å². The summed E-state index contributed by atoms with van der Waals surface area (Å²) < 4.78 is 4.78. The van der Waals surface area contributed by atoms with Gasteiger partial charge in [-0.15, -0.1) is 0 Å². The van der Waals surface area contributed by atoms with Gasteiger partial charge in [0.15, 0.2) is 0 Å². The average Bonchev–Trinajstić information content (AvgIpc) is 2.90. The second-order valence-electron chi connectivity index (χ2n) is 5.92. The monoisotopic (exact) mass is 298 g/mol. The summed E-state index contributed by atoms with van der Waals surface area (Å²) in [6, 6.07) is 8.09. The van der Waals surface area contributed by atoms with E-state index in [0.29, 0.717) is 18.4 Å². The fraction of sp³-hybridized carbons (Fsp3) is 0.353. The van der Waals surface area contributed by atoms with Crippen LogP contribution in [0.2, 0.25) is 0 Å². The maximum Gasteiger partial charge on any atom is 0.337 e. The lowest BCUT2D eigenvalue weighted by Crippen LogP contribution is -2.46. The molecule has 114 valence electrons. The van der Waals surface area contributed by atoms with Crippen molar-refractivity contribution >= 4 is 16.9 Å². The zero-order valence-corrected chi connectivity index (χ0v) is 12.4. The molecule has 0 radical (unpaired) electrons. The third-order valence-electron chi connectivity index (χ3n) is 4.81. The molecule has 5 nitrogen and oxygen atoms in total. The van der Waals surface area contributed by atoms with Crippen molar-refractivity contribution < 1.29 is 14.6 Å². The smallest absolute Gasteiger partial charge is 0.337 e. The van der Waals surface area contributed by atoms with Gasteiger partial charge in [0.05, 0.1) is 18.7 Å². The van der Waals surface area contributed by atoms with Gasteiger partial charge < -0.3 is 14.8 Å². The van der Waals surface area contributed by atoms with Crippen LogP contribution in [0.15, 0.2) is 35.6 Å². The lowest BCUT2D eigenvalue weighted by molar-refractivity contribution is -0.136. The first kappa shape index (κ1) is 13.4. The van der Waals surface area contributed by atoms with E-state index in [2.05, 4.69) is 22.0 Å². The standard InChI is InChI=1S/C17H18N2O3/c1-22-17(21)11-6-7-19-9-14-12(8-15(19)16(11)20)10-4-2-3-5-13(10)18-14/h2-5,15,18,20H,6-9H2,1H3. The molecule has 0 spiro atoms. The predicted octanol–water partition coefficient (Wildman–Crippen LogP) is 2.28. The first-order chi connectivity index (χ1) is 10.7. The lowest BCUT2D eigenvalue weighted by Gasteiger charge is -2.39. The highest BCUT2D eigenvalue weighted by atomic mass is 16.5. The molecule has 0 saturated carbocycles. The first-order valence-corrected chi connectivity index (χ1v) is 7.52. The number of nitrogens with zero attached hydrogens (tertiary/aromatic N) is 1. The highest BCUT2D eigenvalue weighted by molar-refractivity contribution is 5.89. The molecule has 0 aliphatic carbocycles. The molecule has 1 unspecified atom stereocenters. The Morgan fingerprint density at radius 1 is 1.41 bits per heavy atom. The van der Waals surface area contributed by atoms with E-state index in [-0.39, 0.29) is 11.8 Å². The van der Waals surface area contributed by atoms with E-state index in [9.17, 15) is 9.90 Å². The molecule has 0 bridgehead atoms. The van der Waals surface area contributed by atoms with Crippen LogP contribution in [-0.2, 0) is 22.5 Å². The summed E-state index contributed by atoms with van der Waals surface area (Å²) in [4.78, 5) is 17.5. The molecule has 5 heteroatoms. The number of methoxy groups -OCH3 is 1. The van der Waals surface area contributed by atoms with Crippen LogP contribution in [-0.4, -0.2) is 40.7 Å². The lowest BCUT2D eigenvalue weighted by atomic mass is 9.90. The molecule has 1 aromatic heterocycles. The number of rotatable bonds is 1. The molecule has 22 heavy (non-hydrogen) atoms. The number of esters is 1. The maximum atomic E-state index is 11.8. The van der Waals surface area contributed by atoms with E-state index in [1.807, 2.05) is 12.1 Å². The first-order valence-electron chi connectivity index (χ1n) is 7.52. The van der Waals surface area contributed by atoms with Crippen LogP contribution < -0.4 is 0 Å². The minimum Gasteiger partial charge on any atom is -0.510 e. The van der Waals surface area contributed by atoms with Crippen LogP contribution in [0.3, 0.4) is 0 Å². The number of ether oxygens (including phenoxy) is 1. The summed E-state index contributed by atoms with van der Waals surface area (Å²) >= 11 is 0. The molecule has 2 aromatic rings. The number of aliphatic hydroxyl groups is 1. The quantitative estimate of drug-likeness (QED) is 0.793. The van der Waals surface area contributed by atoms with Crippen molar-refractivity contribution in [3.05, 3.63) is 46.9 Å². The number of hydrogen-bond donors (Lipinski definition) is 2. The van der Waals surface area contributed by atoms with Gasteiger partial charge in [-0.3, -0.25) is 4.90 Å². The number of aromatic nitrogens is 1. The van der Waals surface area contributed by atoms with E-state index in [1.165, 1.54) is 23.8 Å². The van der Waals surface area contributed by atoms with Crippen molar-refractivity contribution in [2.75, 3.05) is 13.7 Å². The van der Waals surface area contributed by atoms with Gasteiger partial charge in [-0.05, 0) is 24.5 Å². The van der Waals surface area contributed by atoms with Gasteiger partial charge in [-0.1, -0.05) is 18.2 Å². The average molecular weight is 298 g/mol. The Morgan fingerprint density at radius 3 is 3.05 bits per heavy atom. The number of aromatic amines is 1. The molecular formula is C17H18N2O3. The molecule has 0 saturated heterocycles. The second-order valence-corrected chi connectivity index (χ2v) is 5.92. The SMILES string of the molecule is COC(=O)C1=C(O)C2Cc3c([nH]c4ccccc34)CN2CC1. The van der Waals surface area contributed by atoms with Crippen molar-refractivity contribution in [1.82, 2.24) is 9.88 Å². The van der Waals surface area contributed by atoms with E-state index in [0.717, 1.165) is 18.6 Å². The molecule has 1 atom stereocenters. The van der Waals surface area contributed by atoms with Gasteiger partial charge in [0, 0.05) is 29.7 Å². The topological polar surface area (TPSA) is 65.6 Å². The number of carbonyl (C=O) groups is 1. The number of hydrogen-bond acceptors (Lipinski definition) is 4. The zero-order chi connectivity index (χ0) is 15.3. The second kappa shape index (κ2) is 4.88. The number of H-pyrrole nitrogens is 1. The summed E-state index contributed by atoms with van der Waals surface area (Å²) in [6.45, 7) is 1.53. The number of nitrogens with one attached hydrogen (secondary N) is 1. The third-order valence-corrected chi connectivity index (χ3v) is 4.81. The van der Waals surface area contributed by atoms with E-state index in [1.54, 1.807) is 0 Å². The fourth-order valence-electron chi connectivity index (χ4n) is 3.68. The highest BCUT2D eigenvalue weighted by Crippen LogP contribution is 2.35. The molecular weight excluding hydrogens is 280 g/mol. The van der Waals surface area contributed by atoms with Crippen molar-refractivity contribution in [2.45, 2.75) is 25.4 Å². The van der Waals surface area contributed by atoms with Crippen LogP contribution in [0.25, 0.3) is 10.9 Å². The van der Waals surface area contributed by atoms with E-state index >= 15 is 0 Å². The number of carbonyl (C=O) groups excluding carboxylic acids is 1. The van der Waals surface area contributed by atoms with Crippen LogP contribution in [0.5, 0.6) is 0 Å². The maximum absolute atomic E-state index is 11.8. The predicted molar refractivity (Wildman–Crippen MR) is 82.5 cm³/mol. The van der Waals surface area contributed by atoms with Gasteiger partial charge in [-0.2, -0.15) is 0 Å². The van der Waals surface area contributed by atoms with Crippen molar-refractivity contribution in [3.8, 4) is 0 Å². The minimum atomic E-state index is -0.415. The zero-order valence-electron chi connectivity index (χ0n) is 12.4. The summed E-state index contributed by atoms with van der Waals surface area (Å²) in [6.07, 6.45) is 1.25. The van der Waals surface area contributed by atoms with Crippen LogP contribution in [0.1, 0.15) is 17.7 Å². The number of aliphatic hydroxyl groups excluding tert-OH is 1. The highest BCUT2D eigenvalue weighted by Gasteiger charge is 2.37. The molecule has 2 aliphatic rings. The normalized spacial score (nSPS) is 21.6. The van der Waals surface area contributed by atoms with Gasteiger partial charge in [0.2, 0.25) is 0 Å². The number of benzene rings is 1. The minimum absolute atomic E-state index is 0.130. The summed E-state index contributed by atoms with van der Waals surface area (Å²) in [7, 11) is 1.35. The molecule has 2 N–H and O–H groups in total. The third kappa shape index (κ3) is 1.85. The number of fused-ring (bicyclic) bond motifs is 4. The Labute approximate surface area is 128 Å². The Morgan fingerprint density at radius 2 is 2.23 bits per heavy atom. The molecule has 3 heterocycles. The summed E-state index contributed by atoms with van der Waals surface area (Å²) in [5.41, 5.74) is 4.01.